The number of carbonyl (C=O) groups excluding carboxylic acids is 1. The maximum atomic E-state index is 15.1. The van der Waals surface area contributed by atoms with Gasteiger partial charge in [0, 0.05) is 19.2 Å². The van der Waals surface area contributed by atoms with Crippen LogP contribution < -0.4 is 5.32 Å². The number of aryl methyl sites for hydroxylation is 1. The van der Waals surface area contributed by atoms with Crippen LogP contribution in [0.2, 0.25) is 0 Å². The van der Waals surface area contributed by atoms with Gasteiger partial charge in [-0.05, 0) is 49.4 Å². The van der Waals surface area contributed by atoms with Crippen molar-refractivity contribution in [2.24, 2.45) is 5.92 Å². The lowest BCUT2D eigenvalue weighted by atomic mass is 9.89. The summed E-state index contributed by atoms with van der Waals surface area (Å²) in [7, 11) is 0. The second-order valence-corrected chi connectivity index (χ2v) is 8.60. The molecule has 0 aliphatic carbocycles. The minimum absolute atomic E-state index is 0.0485. The summed E-state index contributed by atoms with van der Waals surface area (Å²) >= 11 is 0. The maximum Gasteiger partial charge on any atom is 0.295 e. The Bertz CT molecular complexity index is 1340. The first-order valence-electron chi connectivity index (χ1n) is 11.2. The smallest absolute Gasteiger partial charge is 0.295 e. The molecule has 0 saturated carbocycles. The number of anilines is 1. The molecule has 2 atom stereocenters. The third-order valence-electron chi connectivity index (χ3n) is 6.35. The van der Waals surface area contributed by atoms with E-state index in [9.17, 15) is 9.18 Å². The number of aromatic nitrogens is 4. The van der Waals surface area contributed by atoms with Crippen LogP contribution in [0.5, 0.6) is 0 Å². The molecule has 1 fully saturated rings. The molecular weight excluding hydrogens is 442 g/mol. The summed E-state index contributed by atoms with van der Waals surface area (Å²) in [6.45, 7) is 4.71. The Hall–Kier alpha value is -3.82. The largest absolute Gasteiger partial charge is 0.423 e. The molecule has 4 aromatic rings. The van der Waals surface area contributed by atoms with Crippen LogP contribution in [0.1, 0.15) is 35.7 Å². The van der Waals surface area contributed by atoms with Crippen LogP contribution in [-0.2, 0) is 0 Å². The summed E-state index contributed by atoms with van der Waals surface area (Å²) in [5.41, 5.74) is 1.85. The van der Waals surface area contributed by atoms with Crippen molar-refractivity contribution in [3.8, 4) is 5.69 Å². The number of carbonyl (C=O) groups is 1. The molecule has 1 N–H and O–H groups in total. The highest BCUT2D eigenvalue weighted by Gasteiger charge is 2.35. The highest BCUT2D eigenvalue weighted by molar-refractivity contribution is 5.98. The van der Waals surface area contributed by atoms with Gasteiger partial charge >= 0.3 is 0 Å². The number of halogens is 2. The molecule has 2 aromatic carbocycles. The van der Waals surface area contributed by atoms with E-state index in [2.05, 4.69) is 27.4 Å². The highest BCUT2D eigenvalue weighted by atomic mass is 19.1. The maximum absolute atomic E-state index is 15.1. The number of piperidine rings is 1. The average Bonchev–Trinajstić information content (AvgIpc) is 3.48. The molecule has 5 rings (SSSR count). The molecule has 8 nitrogen and oxygen atoms in total. The summed E-state index contributed by atoms with van der Waals surface area (Å²) in [6.07, 6.45) is 4.72. The zero-order valence-corrected chi connectivity index (χ0v) is 18.8. The van der Waals surface area contributed by atoms with E-state index in [1.165, 1.54) is 35.4 Å². The quantitative estimate of drug-likeness (QED) is 0.471. The lowest BCUT2D eigenvalue weighted by molar-refractivity contribution is 0.0534. The standard InChI is InChI=1S/C24H24F2N6O2/c1-14-4-3-11-31(19(14)13-27-24-30-18-8-6-16(25)12-20(18)34-24)23(33)21-17(26)7-5-15(2)22(21)32-28-9-10-29-32/h5-10,12,14,19H,3-4,11,13H2,1-2H3,(H,27,30). The van der Waals surface area contributed by atoms with Crippen molar-refractivity contribution in [2.45, 2.75) is 32.7 Å². The molecule has 2 aromatic heterocycles. The van der Waals surface area contributed by atoms with E-state index in [1.54, 1.807) is 24.0 Å². The fraction of sp³-hybridized carbons (Fsp3) is 0.333. The summed E-state index contributed by atoms with van der Waals surface area (Å²) in [6, 6.07) is 7.06. The van der Waals surface area contributed by atoms with Crippen LogP contribution in [0, 0.1) is 24.5 Å². The van der Waals surface area contributed by atoms with E-state index in [-0.39, 0.29) is 23.5 Å². The van der Waals surface area contributed by atoms with Gasteiger partial charge in [-0.2, -0.15) is 20.0 Å². The average molecular weight is 466 g/mol. The number of nitrogens with one attached hydrogen (secondary N) is 1. The van der Waals surface area contributed by atoms with Gasteiger partial charge in [0.15, 0.2) is 5.58 Å². The Morgan fingerprint density at radius 2 is 2.00 bits per heavy atom. The molecular formula is C24H24F2N6O2. The number of nitrogens with zero attached hydrogens (tertiary/aromatic N) is 5. The summed E-state index contributed by atoms with van der Waals surface area (Å²) in [5.74, 6) is -1.28. The van der Waals surface area contributed by atoms with E-state index in [4.69, 9.17) is 4.42 Å². The number of oxazole rings is 1. The first kappa shape index (κ1) is 22.0. The van der Waals surface area contributed by atoms with Crippen molar-refractivity contribution in [2.75, 3.05) is 18.4 Å². The van der Waals surface area contributed by atoms with Crippen LogP contribution in [0.15, 0.2) is 47.1 Å². The van der Waals surface area contributed by atoms with E-state index >= 15 is 4.39 Å². The van der Waals surface area contributed by atoms with Crippen LogP contribution >= 0.6 is 0 Å². The van der Waals surface area contributed by atoms with E-state index in [0.717, 1.165) is 12.8 Å². The number of hydrogen-bond acceptors (Lipinski definition) is 6. The molecule has 0 radical (unpaired) electrons. The van der Waals surface area contributed by atoms with Gasteiger partial charge < -0.3 is 14.6 Å². The fourth-order valence-corrected chi connectivity index (χ4v) is 4.59. The number of rotatable bonds is 5. The summed E-state index contributed by atoms with van der Waals surface area (Å²) in [5, 5.41) is 11.4. The monoisotopic (exact) mass is 466 g/mol. The zero-order chi connectivity index (χ0) is 23.8. The Morgan fingerprint density at radius 1 is 1.21 bits per heavy atom. The summed E-state index contributed by atoms with van der Waals surface area (Å²) in [4.78, 5) is 21.1. The molecule has 10 heteroatoms. The Balaban J connectivity index is 1.44. The lowest BCUT2D eigenvalue weighted by Gasteiger charge is -2.40. The van der Waals surface area contributed by atoms with Gasteiger partial charge in [0.25, 0.3) is 11.9 Å². The molecule has 1 aliphatic heterocycles. The van der Waals surface area contributed by atoms with Crippen LogP contribution in [-0.4, -0.2) is 49.9 Å². The van der Waals surface area contributed by atoms with Gasteiger partial charge in [-0.25, -0.2) is 8.78 Å². The van der Waals surface area contributed by atoms with Crippen molar-refractivity contribution in [1.29, 1.82) is 0 Å². The topological polar surface area (TPSA) is 89.1 Å². The number of likely N-dealkylation sites (tertiary alicyclic amines) is 1. The number of hydrogen-bond donors (Lipinski definition) is 1. The Kier molecular flexibility index (Phi) is 5.72. The van der Waals surface area contributed by atoms with E-state index in [0.29, 0.717) is 35.4 Å². The van der Waals surface area contributed by atoms with Crippen molar-refractivity contribution in [3.05, 3.63) is 65.5 Å². The number of benzene rings is 2. The van der Waals surface area contributed by atoms with Crippen molar-refractivity contribution in [3.63, 3.8) is 0 Å². The van der Waals surface area contributed by atoms with Gasteiger partial charge in [-0.1, -0.05) is 13.0 Å². The summed E-state index contributed by atoms with van der Waals surface area (Å²) < 4.78 is 34.2. The predicted molar refractivity (Wildman–Crippen MR) is 122 cm³/mol. The molecule has 0 bridgehead atoms. The molecule has 176 valence electrons. The minimum Gasteiger partial charge on any atom is -0.423 e. The van der Waals surface area contributed by atoms with Crippen LogP contribution in [0.4, 0.5) is 14.8 Å². The molecule has 3 heterocycles. The normalized spacial score (nSPS) is 18.4. The van der Waals surface area contributed by atoms with Gasteiger partial charge in [0.1, 0.15) is 28.4 Å². The molecule has 1 aliphatic rings. The third kappa shape index (κ3) is 4.00. The van der Waals surface area contributed by atoms with Crippen molar-refractivity contribution < 1.29 is 18.0 Å². The zero-order valence-electron chi connectivity index (χ0n) is 18.8. The SMILES string of the molecule is Cc1ccc(F)c(C(=O)N2CCCC(C)C2CNc2nc3ccc(F)cc3o2)c1-n1nccn1. The third-order valence-corrected chi connectivity index (χ3v) is 6.35. The first-order valence-corrected chi connectivity index (χ1v) is 11.2. The van der Waals surface area contributed by atoms with Gasteiger partial charge in [0.05, 0.1) is 18.4 Å². The molecule has 0 spiro atoms. The Morgan fingerprint density at radius 3 is 2.79 bits per heavy atom. The number of fused-ring (bicyclic) bond motifs is 1. The Labute approximate surface area is 194 Å². The van der Waals surface area contributed by atoms with Crippen LogP contribution in [0.25, 0.3) is 16.8 Å². The fourth-order valence-electron chi connectivity index (χ4n) is 4.59. The first-order chi connectivity index (χ1) is 16.4. The minimum atomic E-state index is -0.617. The van der Waals surface area contributed by atoms with E-state index in [1.807, 2.05) is 0 Å². The van der Waals surface area contributed by atoms with Gasteiger partial charge in [0.2, 0.25) is 0 Å². The van der Waals surface area contributed by atoms with Gasteiger partial charge in [-0.3, -0.25) is 4.79 Å². The second kappa shape index (κ2) is 8.85. The van der Waals surface area contributed by atoms with Crippen LogP contribution in [0.3, 0.4) is 0 Å². The molecule has 2 unspecified atom stereocenters. The highest BCUT2D eigenvalue weighted by Crippen LogP contribution is 2.29. The van der Waals surface area contributed by atoms with Crippen molar-refractivity contribution >= 4 is 23.0 Å². The molecule has 1 saturated heterocycles. The molecule has 34 heavy (non-hydrogen) atoms. The van der Waals surface area contributed by atoms with Crippen molar-refractivity contribution in [1.82, 2.24) is 24.9 Å². The van der Waals surface area contributed by atoms with E-state index < -0.39 is 17.5 Å². The lowest BCUT2D eigenvalue weighted by Crippen LogP contribution is -2.51. The second-order valence-electron chi connectivity index (χ2n) is 8.60. The number of amides is 1. The predicted octanol–water partition coefficient (Wildman–Crippen LogP) is 4.35. The van der Waals surface area contributed by atoms with Gasteiger partial charge in [-0.15, -0.1) is 0 Å². The molecule has 1 amide bonds.